The molecular formula is C13H19FN2O. The van der Waals surface area contributed by atoms with Gasteiger partial charge in [0.2, 0.25) is 5.91 Å². The largest absolute Gasteiger partial charge is 0.353 e. The summed E-state index contributed by atoms with van der Waals surface area (Å²) in [5, 5.41) is 2.86. The molecule has 0 heterocycles. The van der Waals surface area contributed by atoms with Gasteiger partial charge in [-0.05, 0) is 31.0 Å². The van der Waals surface area contributed by atoms with Crippen molar-refractivity contribution in [2.24, 2.45) is 5.73 Å². The highest BCUT2D eigenvalue weighted by Crippen LogP contribution is 2.07. The van der Waals surface area contributed by atoms with E-state index in [1.165, 1.54) is 6.07 Å². The Morgan fingerprint density at radius 1 is 1.47 bits per heavy atom. The molecule has 0 saturated heterocycles. The fourth-order valence-corrected chi connectivity index (χ4v) is 1.67. The average molecular weight is 238 g/mol. The number of nitrogens with two attached hydrogens (primary N) is 1. The zero-order valence-corrected chi connectivity index (χ0v) is 10.1. The quantitative estimate of drug-likeness (QED) is 0.791. The van der Waals surface area contributed by atoms with Crippen molar-refractivity contribution < 1.29 is 9.18 Å². The molecule has 0 fully saturated rings. The van der Waals surface area contributed by atoms with Crippen molar-refractivity contribution in [2.75, 3.05) is 6.54 Å². The van der Waals surface area contributed by atoms with E-state index in [0.29, 0.717) is 12.1 Å². The van der Waals surface area contributed by atoms with Crippen LogP contribution in [0, 0.1) is 5.82 Å². The molecule has 1 unspecified atom stereocenters. The van der Waals surface area contributed by atoms with E-state index in [1.54, 1.807) is 18.2 Å². The van der Waals surface area contributed by atoms with Gasteiger partial charge in [0.25, 0.3) is 0 Å². The van der Waals surface area contributed by atoms with Gasteiger partial charge < -0.3 is 11.1 Å². The smallest absolute Gasteiger partial charge is 0.224 e. The highest BCUT2D eigenvalue weighted by atomic mass is 19.1. The summed E-state index contributed by atoms with van der Waals surface area (Å²) in [6.07, 6.45) is 1.66. The molecule has 1 aromatic rings. The standard InChI is InChI=1S/C13H19FN2O/c1-2-11(7-8-15)16-13(17)9-10-5-3-4-6-12(10)14/h3-6,11H,2,7-9,15H2,1H3,(H,16,17). The molecule has 1 aromatic carbocycles. The van der Waals surface area contributed by atoms with Gasteiger partial charge in [-0.3, -0.25) is 4.79 Å². The second-order valence-electron chi connectivity index (χ2n) is 4.02. The van der Waals surface area contributed by atoms with E-state index in [-0.39, 0.29) is 24.2 Å². The van der Waals surface area contributed by atoms with Crippen molar-refractivity contribution in [1.29, 1.82) is 0 Å². The number of carbonyl (C=O) groups is 1. The minimum Gasteiger partial charge on any atom is -0.353 e. The fraction of sp³-hybridized carbons (Fsp3) is 0.462. The zero-order valence-electron chi connectivity index (χ0n) is 10.1. The molecule has 3 N–H and O–H groups in total. The Bertz CT molecular complexity index is 368. The Morgan fingerprint density at radius 2 is 2.18 bits per heavy atom. The maximum Gasteiger partial charge on any atom is 0.224 e. The fourth-order valence-electron chi connectivity index (χ4n) is 1.67. The summed E-state index contributed by atoms with van der Waals surface area (Å²) in [4.78, 5) is 11.7. The van der Waals surface area contributed by atoms with Gasteiger partial charge in [-0.2, -0.15) is 0 Å². The van der Waals surface area contributed by atoms with E-state index in [4.69, 9.17) is 5.73 Å². The molecule has 1 rings (SSSR count). The minimum absolute atomic E-state index is 0.0771. The lowest BCUT2D eigenvalue weighted by atomic mass is 10.1. The monoisotopic (exact) mass is 238 g/mol. The molecule has 3 nitrogen and oxygen atoms in total. The third-order valence-corrected chi connectivity index (χ3v) is 2.68. The first kappa shape index (κ1) is 13.6. The van der Waals surface area contributed by atoms with Gasteiger partial charge in [-0.15, -0.1) is 0 Å². The van der Waals surface area contributed by atoms with Crippen molar-refractivity contribution in [3.05, 3.63) is 35.6 Å². The van der Waals surface area contributed by atoms with Crippen LogP contribution in [0.2, 0.25) is 0 Å². The third-order valence-electron chi connectivity index (χ3n) is 2.68. The molecule has 17 heavy (non-hydrogen) atoms. The maximum atomic E-state index is 13.3. The summed E-state index contributed by atoms with van der Waals surface area (Å²) in [7, 11) is 0. The summed E-state index contributed by atoms with van der Waals surface area (Å²) >= 11 is 0. The van der Waals surface area contributed by atoms with E-state index in [2.05, 4.69) is 5.32 Å². The lowest BCUT2D eigenvalue weighted by Crippen LogP contribution is -2.36. The molecule has 0 bridgehead atoms. The molecular weight excluding hydrogens is 219 g/mol. The van der Waals surface area contributed by atoms with Crippen LogP contribution in [0.3, 0.4) is 0 Å². The van der Waals surface area contributed by atoms with Crippen LogP contribution in [0.15, 0.2) is 24.3 Å². The molecule has 4 heteroatoms. The number of hydrogen-bond donors (Lipinski definition) is 2. The lowest BCUT2D eigenvalue weighted by molar-refractivity contribution is -0.121. The number of rotatable bonds is 6. The van der Waals surface area contributed by atoms with Crippen LogP contribution in [0.25, 0.3) is 0 Å². The highest BCUT2D eigenvalue weighted by molar-refractivity contribution is 5.78. The molecule has 1 amide bonds. The summed E-state index contributed by atoms with van der Waals surface area (Å²) in [6, 6.07) is 6.40. The summed E-state index contributed by atoms with van der Waals surface area (Å²) < 4.78 is 13.3. The second-order valence-corrected chi connectivity index (χ2v) is 4.02. The number of benzene rings is 1. The molecule has 0 aliphatic heterocycles. The Hall–Kier alpha value is -1.42. The summed E-state index contributed by atoms with van der Waals surface area (Å²) in [5.41, 5.74) is 5.87. The van der Waals surface area contributed by atoms with Gasteiger partial charge >= 0.3 is 0 Å². The van der Waals surface area contributed by atoms with Crippen LogP contribution >= 0.6 is 0 Å². The zero-order chi connectivity index (χ0) is 12.7. The highest BCUT2D eigenvalue weighted by Gasteiger charge is 2.11. The van der Waals surface area contributed by atoms with Crippen molar-refractivity contribution >= 4 is 5.91 Å². The van der Waals surface area contributed by atoms with Crippen LogP contribution in [-0.4, -0.2) is 18.5 Å². The summed E-state index contributed by atoms with van der Waals surface area (Å²) in [6.45, 7) is 2.53. The van der Waals surface area contributed by atoms with Crippen molar-refractivity contribution in [1.82, 2.24) is 5.32 Å². The first-order valence-electron chi connectivity index (χ1n) is 5.90. The van der Waals surface area contributed by atoms with Crippen LogP contribution in [0.4, 0.5) is 4.39 Å². The molecule has 0 aliphatic rings. The maximum absolute atomic E-state index is 13.3. The lowest BCUT2D eigenvalue weighted by Gasteiger charge is -2.16. The predicted octanol–water partition coefficient (Wildman–Crippen LogP) is 1.61. The first-order chi connectivity index (χ1) is 8.17. The molecule has 0 spiro atoms. The van der Waals surface area contributed by atoms with Gasteiger partial charge in [0, 0.05) is 6.04 Å². The SMILES string of the molecule is CCC(CCN)NC(=O)Cc1ccccc1F. The Labute approximate surface area is 101 Å². The number of nitrogens with one attached hydrogen (secondary N) is 1. The second kappa shape index (κ2) is 7.01. The molecule has 0 saturated carbocycles. The van der Waals surface area contributed by atoms with Crippen LogP contribution in [-0.2, 0) is 11.2 Å². The van der Waals surface area contributed by atoms with Crippen molar-refractivity contribution in [2.45, 2.75) is 32.2 Å². The van der Waals surface area contributed by atoms with Gasteiger partial charge in [0.1, 0.15) is 5.82 Å². The van der Waals surface area contributed by atoms with Crippen molar-refractivity contribution in [3.8, 4) is 0 Å². The number of amides is 1. The van der Waals surface area contributed by atoms with Gasteiger partial charge in [0.15, 0.2) is 0 Å². The first-order valence-corrected chi connectivity index (χ1v) is 5.90. The van der Waals surface area contributed by atoms with Crippen LogP contribution in [0.5, 0.6) is 0 Å². The number of halogens is 1. The predicted molar refractivity (Wildman–Crippen MR) is 66.0 cm³/mol. The molecule has 1 atom stereocenters. The van der Waals surface area contributed by atoms with Crippen molar-refractivity contribution in [3.63, 3.8) is 0 Å². The molecule has 0 radical (unpaired) electrons. The Kier molecular flexibility index (Phi) is 5.63. The van der Waals surface area contributed by atoms with E-state index < -0.39 is 0 Å². The van der Waals surface area contributed by atoms with Gasteiger partial charge in [0.05, 0.1) is 6.42 Å². The number of hydrogen-bond acceptors (Lipinski definition) is 2. The minimum atomic E-state index is -0.338. The molecule has 0 aromatic heterocycles. The Morgan fingerprint density at radius 3 is 2.76 bits per heavy atom. The van der Waals surface area contributed by atoms with Crippen LogP contribution < -0.4 is 11.1 Å². The van der Waals surface area contributed by atoms with E-state index in [9.17, 15) is 9.18 Å². The summed E-state index contributed by atoms with van der Waals surface area (Å²) in [5.74, 6) is -0.495. The van der Waals surface area contributed by atoms with E-state index in [1.807, 2.05) is 6.92 Å². The molecule has 0 aliphatic carbocycles. The van der Waals surface area contributed by atoms with Crippen LogP contribution in [0.1, 0.15) is 25.3 Å². The Balaban J connectivity index is 2.52. The number of carbonyl (C=O) groups excluding carboxylic acids is 1. The third kappa shape index (κ3) is 4.53. The van der Waals surface area contributed by atoms with Gasteiger partial charge in [-0.1, -0.05) is 25.1 Å². The van der Waals surface area contributed by atoms with E-state index >= 15 is 0 Å². The topological polar surface area (TPSA) is 55.1 Å². The van der Waals surface area contributed by atoms with E-state index in [0.717, 1.165) is 12.8 Å². The van der Waals surface area contributed by atoms with Gasteiger partial charge in [-0.25, -0.2) is 4.39 Å². The average Bonchev–Trinajstić information content (AvgIpc) is 2.31. The molecule has 94 valence electrons. The normalized spacial score (nSPS) is 12.2.